The Hall–Kier alpha value is -3.18. The molecule has 3 aromatic rings. The fraction of sp³-hybridized carbons (Fsp3) is 0.333. The predicted molar refractivity (Wildman–Crippen MR) is 117 cm³/mol. The van der Waals surface area contributed by atoms with Crippen LogP contribution in [0.3, 0.4) is 0 Å². The molecule has 8 nitrogen and oxygen atoms in total. The summed E-state index contributed by atoms with van der Waals surface area (Å²) in [6, 6.07) is 7.49. The van der Waals surface area contributed by atoms with E-state index in [1.807, 2.05) is 0 Å². The van der Waals surface area contributed by atoms with Crippen LogP contribution >= 0.6 is 11.6 Å². The third-order valence-corrected chi connectivity index (χ3v) is 5.53. The number of piperazine rings is 1. The molecule has 12 heteroatoms. The molecule has 1 aliphatic rings. The van der Waals surface area contributed by atoms with Crippen molar-refractivity contribution in [3.05, 3.63) is 65.2 Å². The van der Waals surface area contributed by atoms with Crippen molar-refractivity contribution in [3.63, 3.8) is 0 Å². The Morgan fingerprint density at radius 3 is 2.36 bits per heavy atom. The fourth-order valence-corrected chi connectivity index (χ4v) is 3.74. The minimum absolute atomic E-state index is 0.158. The van der Waals surface area contributed by atoms with Gasteiger partial charge < -0.3 is 10.2 Å². The highest BCUT2D eigenvalue weighted by Crippen LogP contribution is 2.33. The van der Waals surface area contributed by atoms with Gasteiger partial charge in [-0.25, -0.2) is 14.6 Å². The van der Waals surface area contributed by atoms with Gasteiger partial charge in [0.15, 0.2) is 5.69 Å². The van der Waals surface area contributed by atoms with Crippen LogP contribution < -0.4 is 10.2 Å². The average molecular weight is 480 g/mol. The predicted octanol–water partition coefficient (Wildman–Crippen LogP) is 2.89. The van der Waals surface area contributed by atoms with Crippen LogP contribution in [-0.4, -0.2) is 69.8 Å². The number of benzene rings is 1. The number of hydrogen-bond donors (Lipinski definition) is 1. The lowest BCUT2D eigenvalue weighted by Crippen LogP contribution is -2.49. The lowest BCUT2D eigenvalue weighted by molar-refractivity contribution is -0.143. The number of alkyl halides is 3. The summed E-state index contributed by atoms with van der Waals surface area (Å²) in [5.41, 5.74) is -1.49. The first kappa shape index (κ1) is 23.0. The van der Waals surface area contributed by atoms with Crippen molar-refractivity contribution < 1.29 is 18.0 Å². The standard InChI is InChI=1S/C21H21ClF3N7O/c22-15-2-4-16(5-3-15)32-18(21(23,24)25)17(14-29-32)19(33)26-8-9-30-10-12-31(13-11-30)20-27-6-1-7-28-20/h1-7,14H,8-13H2,(H,26,33). The van der Waals surface area contributed by atoms with E-state index in [1.165, 1.54) is 24.3 Å². The van der Waals surface area contributed by atoms with Gasteiger partial charge in [-0.2, -0.15) is 18.3 Å². The Balaban J connectivity index is 1.36. The monoisotopic (exact) mass is 479 g/mol. The lowest BCUT2D eigenvalue weighted by Gasteiger charge is -2.34. The Morgan fingerprint density at radius 1 is 1.06 bits per heavy atom. The number of rotatable bonds is 6. The van der Waals surface area contributed by atoms with Crippen molar-refractivity contribution in [2.75, 3.05) is 44.2 Å². The molecule has 0 atom stereocenters. The number of hydrogen-bond acceptors (Lipinski definition) is 6. The van der Waals surface area contributed by atoms with Crippen LogP contribution in [-0.2, 0) is 6.18 Å². The largest absolute Gasteiger partial charge is 0.434 e. The molecule has 0 radical (unpaired) electrons. The first-order valence-electron chi connectivity index (χ1n) is 10.3. The molecule has 0 unspecified atom stereocenters. The van der Waals surface area contributed by atoms with E-state index in [9.17, 15) is 18.0 Å². The Labute approximate surface area is 193 Å². The van der Waals surface area contributed by atoms with E-state index in [0.717, 1.165) is 32.4 Å². The molecule has 1 aromatic carbocycles. The second kappa shape index (κ2) is 9.75. The highest BCUT2D eigenvalue weighted by atomic mass is 35.5. The molecule has 0 spiro atoms. The second-order valence-corrected chi connectivity index (χ2v) is 7.86. The smallest absolute Gasteiger partial charge is 0.351 e. The second-order valence-electron chi connectivity index (χ2n) is 7.43. The van der Waals surface area contributed by atoms with E-state index >= 15 is 0 Å². The van der Waals surface area contributed by atoms with Crippen LogP contribution in [0.15, 0.2) is 48.9 Å². The van der Waals surface area contributed by atoms with E-state index < -0.39 is 23.3 Å². The summed E-state index contributed by atoms with van der Waals surface area (Å²) in [4.78, 5) is 25.2. The Bertz CT molecular complexity index is 1080. The number of halogens is 4. The van der Waals surface area contributed by atoms with Gasteiger partial charge >= 0.3 is 6.18 Å². The molecule has 0 bridgehead atoms. The molecule has 0 aliphatic carbocycles. The number of nitrogens with one attached hydrogen (secondary N) is 1. The van der Waals surface area contributed by atoms with Gasteiger partial charge in [0.1, 0.15) is 0 Å². The van der Waals surface area contributed by atoms with Crippen LogP contribution in [0, 0.1) is 0 Å². The molecule has 1 N–H and O–H groups in total. The van der Waals surface area contributed by atoms with Crippen LogP contribution in [0.4, 0.5) is 19.1 Å². The van der Waals surface area contributed by atoms with Crippen molar-refractivity contribution in [3.8, 4) is 5.69 Å². The lowest BCUT2D eigenvalue weighted by atomic mass is 10.2. The maximum atomic E-state index is 13.8. The van der Waals surface area contributed by atoms with Crippen LogP contribution in [0.25, 0.3) is 5.69 Å². The minimum Gasteiger partial charge on any atom is -0.351 e. The first-order chi connectivity index (χ1) is 15.8. The van der Waals surface area contributed by atoms with Gasteiger partial charge in [-0.1, -0.05) is 11.6 Å². The summed E-state index contributed by atoms with van der Waals surface area (Å²) >= 11 is 5.82. The zero-order valence-electron chi connectivity index (χ0n) is 17.5. The van der Waals surface area contributed by atoms with Crippen molar-refractivity contribution >= 4 is 23.5 Å². The van der Waals surface area contributed by atoms with Crippen molar-refractivity contribution in [1.82, 2.24) is 30.0 Å². The number of aromatic nitrogens is 4. The third kappa shape index (κ3) is 5.42. The molecule has 33 heavy (non-hydrogen) atoms. The minimum atomic E-state index is -4.77. The molecule has 1 fully saturated rings. The number of carbonyl (C=O) groups excluding carboxylic acids is 1. The summed E-state index contributed by atoms with van der Waals surface area (Å²) < 4.78 is 42.0. The van der Waals surface area contributed by atoms with Crippen molar-refractivity contribution in [2.24, 2.45) is 0 Å². The molecule has 174 valence electrons. The fourth-order valence-electron chi connectivity index (χ4n) is 3.61. The highest BCUT2D eigenvalue weighted by Gasteiger charge is 2.40. The van der Waals surface area contributed by atoms with Gasteiger partial charge in [0.25, 0.3) is 5.91 Å². The zero-order chi connectivity index (χ0) is 23.4. The van der Waals surface area contributed by atoms with Crippen LogP contribution in [0.2, 0.25) is 5.02 Å². The Morgan fingerprint density at radius 2 is 1.73 bits per heavy atom. The molecule has 3 heterocycles. The highest BCUT2D eigenvalue weighted by molar-refractivity contribution is 6.30. The van der Waals surface area contributed by atoms with E-state index in [-0.39, 0.29) is 12.2 Å². The molecule has 4 rings (SSSR count). The zero-order valence-corrected chi connectivity index (χ0v) is 18.2. The normalized spacial score (nSPS) is 15.0. The topological polar surface area (TPSA) is 79.2 Å². The molecule has 1 aliphatic heterocycles. The summed E-state index contributed by atoms with van der Waals surface area (Å²) in [7, 11) is 0. The summed E-state index contributed by atoms with van der Waals surface area (Å²) in [5.74, 6) is -0.151. The van der Waals surface area contributed by atoms with Crippen molar-refractivity contribution in [1.29, 1.82) is 0 Å². The van der Waals surface area contributed by atoms with E-state index in [0.29, 0.717) is 22.2 Å². The maximum Gasteiger partial charge on any atom is 0.434 e. The van der Waals surface area contributed by atoms with Gasteiger partial charge in [0.05, 0.1) is 17.4 Å². The number of carbonyl (C=O) groups is 1. The number of nitrogens with zero attached hydrogens (tertiary/aromatic N) is 6. The number of anilines is 1. The SMILES string of the molecule is O=C(NCCN1CCN(c2ncccn2)CC1)c1cnn(-c2ccc(Cl)cc2)c1C(F)(F)F. The van der Waals surface area contributed by atoms with Gasteiger partial charge in [-0.15, -0.1) is 0 Å². The van der Waals surface area contributed by atoms with E-state index in [4.69, 9.17) is 11.6 Å². The van der Waals surface area contributed by atoms with E-state index in [1.54, 1.807) is 18.5 Å². The van der Waals surface area contributed by atoms with Gasteiger partial charge in [-0.05, 0) is 30.3 Å². The van der Waals surface area contributed by atoms with Crippen LogP contribution in [0.5, 0.6) is 0 Å². The molecular weight excluding hydrogens is 459 g/mol. The van der Waals surface area contributed by atoms with E-state index in [2.05, 4.69) is 30.2 Å². The van der Waals surface area contributed by atoms with Gasteiger partial charge in [0, 0.05) is 56.7 Å². The molecule has 0 saturated carbocycles. The maximum absolute atomic E-state index is 13.8. The van der Waals surface area contributed by atoms with Crippen molar-refractivity contribution in [2.45, 2.75) is 6.18 Å². The summed E-state index contributed by atoms with van der Waals surface area (Å²) in [6.07, 6.45) is -0.451. The Kier molecular flexibility index (Phi) is 6.80. The molecule has 1 saturated heterocycles. The molecule has 1 amide bonds. The molecule has 2 aromatic heterocycles. The van der Waals surface area contributed by atoms with Gasteiger partial charge in [0.2, 0.25) is 5.95 Å². The quantitative estimate of drug-likeness (QED) is 0.585. The average Bonchev–Trinajstić information content (AvgIpc) is 3.27. The summed E-state index contributed by atoms with van der Waals surface area (Å²) in [5, 5.41) is 6.77. The summed E-state index contributed by atoms with van der Waals surface area (Å²) in [6.45, 7) is 3.65. The number of amides is 1. The first-order valence-corrected chi connectivity index (χ1v) is 10.6. The van der Waals surface area contributed by atoms with Gasteiger partial charge in [-0.3, -0.25) is 9.69 Å². The molecular formula is C21H21ClF3N7O. The third-order valence-electron chi connectivity index (χ3n) is 5.27. The van der Waals surface area contributed by atoms with Crippen LogP contribution in [0.1, 0.15) is 16.1 Å².